The van der Waals surface area contributed by atoms with Crippen LogP contribution in [0.4, 0.5) is 0 Å². The Morgan fingerprint density at radius 1 is 1.12 bits per heavy atom. The minimum absolute atomic E-state index is 0.0458. The number of rotatable bonds is 11. The molecule has 0 saturated heterocycles. The van der Waals surface area contributed by atoms with E-state index >= 15 is 0 Å². The summed E-state index contributed by atoms with van der Waals surface area (Å²) in [5.74, 6) is 0.621. The van der Waals surface area contributed by atoms with Crippen molar-refractivity contribution in [1.82, 2.24) is 0 Å². The van der Waals surface area contributed by atoms with Gasteiger partial charge in [0.25, 0.3) is 0 Å². The van der Waals surface area contributed by atoms with Gasteiger partial charge in [0.1, 0.15) is 6.10 Å². The van der Waals surface area contributed by atoms with Crippen LogP contribution in [0, 0.1) is 5.92 Å². The van der Waals surface area contributed by atoms with Crippen LogP contribution in [0.1, 0.15) is 46.5 Å². The summed E-state index contributed by atoms with van der Waals surface area (Å²) in [4.78, 5) is 0. The van der Waals surface area contributed by atoms with Crippen molar-refractivity contribution in [1.29, 1.82) is 0 Å². The van der Waals surface area contributed by atoms with Crippen molar-refractivity contribution in [2.24, 2.45) is 5.92 Å². The van der Waals surface area contributed by atoms with Crippen LogP contribution in [0.25, 0.3) is 0 Å². The second-order valence-electron chi connectivity index (χ2n) is 4.21. The first-order chi connectivity index (χ1) is 7.78. The Morgan fingerprint density at radius 3 is 2.38 bits per heavy atom. The van der Waals surface area contributed by atoms with E-state index in [1.54, 1.807) is 0 Å². The van der Waals surface area contributed by atoms with Gasteiger partial charge in [-0.2, -0.15) is 0 Å². The van der Waals surface area contributed by atoms with Crippen molar-refractivity contribution >= 4 is 0 Å². The average Bonchev–Trinajstić information content (AvgIpc) is 2.33. The molecule has 98 valence electrons. The van der Waals surface area contributed by atoms with Gasteiger partial charge in [0.15, 0.2) is 0 Å². The minimum atomic E-state index is -0.157. The van der Waals surface area contributed by atoms with Crippen molar-refractivity contribution in [3.8, 4) is 0 Å². The minimum Gasteiger partial charge on any atom is -0.394 e. The smallest absolute Gasteiger partial charge is 0.104 e. The molecule has 0 aliphatic rings. The van der Waals surface area contributed by atoms with Gasteiger partial charge in [-0.3, -0.25) is 0 Å². The predicted octanol–water partition coefficient (Wildman–Crippen LogP) is 2.62. The molecule has 0 heterocycles. The summed E-state index contributed by atoms with van der Waals surface area (Å²) < 4.78 is 10.9. The zero-order valence-corrected chi connectivity index (χ0v) is 11.1. The molecule has 3 nitrogen and oxygen atoms in total. The molecule has 2 atom stereocenters. The first-order valence-electron chi connectivity index (χ1n) is 6.58. The summed E-state index contributed by atoms with van der Waals surface area (Å²) in [6, 6.07) is 0. The topological polar surface area (TPSA) is 38.7 Å². The highest BCUT2D eigenvalue weighted by Crippen LogP contribution is 2.13. The lowest BCUT2D eigenvalue weighted by Gasteiger charge is -2.20. The molecule has 0 aromatic rings. The fraction of sp³-hybridized carbons (Fsp3) is 1.00. The highest BCUT2D eigenvalue weighted by Gasteiger charge is 2.12. The lowest BCUT2D eigenvalue weighted by atomic mass is 10.0. The molecule has 0 saturated carbocycles. The molecule has 0 aliphatic heterocycles. The third-order valence-corrected chi connectivity index (χ3v) is 2.82. The summed E-state index contributed by atoms with van der Waals surface area (Å²) in [6.45, 7) is 8.31. The lowest BCUT2D eigenvalue weighted by molar-refractivity contribution is -0.0523. The Bertz CT molecular complexity index is 123. The first kappa shape index (κ1) is 15.9. The average molecular weight is 232 g/mol. The van der Waals surface area contributed by atoms with Gasteiger partial charge in [-0.15, -0.1) is 0 Å². The molecule has 3 heteroatoms. The molecular weight excluding hydrogens is 204 g/mol. The summed E-state index contributed by atoms with van der Waals surface area (Å²) in [7, 11) is 0. The van der Waals surface area contributed by atoms with Crippen molar-refractivity contribution in [2.75, 3.05) is 26.4 Å². The molecule has 0 amide bonds. The van der Waals surface area contributed by atoms with Crippen LogP contribution < -0.4 is 0 Å². The fourth-order valence-corrected chi connectivity index (χ4v) is 1.57. The Hall–Kier alpha value is -0.120. The Balaban J connectivity index is 3.69. The zero-order valence-electron chi connectivity index (χ0n) is 11.1. The predicted molar refractivity (Wildman–Crippen MR) is 66.6 cm³/mol. The van der Waals surface area contributed by atoms with Crippen molar-refractivity contribution in [2.45, 2.75) is 52.6 Å². The Morgan fingerprint density at radius 2 is 1.88 bits per heavy atom. The summed E-state index contributed by atoms with van der Waals surface area (Å²) in [5, 5.41) is 9.11. The van der Waals surface area contributed by atoms with Crippen molar-refractivity contribution in [3.63, 3.8) is 0 Å². The highest BCUT2D eigenvalue weighted by atomic mass is 16.5. The van der Waals surface area contributed by atoms with Crippen LogP contribution in [0.3, 0.4) is 0 Å². The van der Waals surface area contributed by atoms with Gasteiger partial charge in [0.05, 0.1) is 13.2 Å². The Labute approximate surface area is 100 Å². The molecule has 0 radical (unpaired) electrons. The van der Waals surface area contributed by atoms with E-state index in [0.29, 0.717) is 19.1 Å². The maximum Gasteiger partial charge on any atom is 0.104 e. The van der Waals surface area contributed by atoms with Gasteiger partial charge >= 0.3 is 0 Å². The summed E-state index contributed by atoms with van der Waals surface area (Å²) in [5.41, 5.74) is 0. The molecule has 1 N–H and O–H groups in total. The van der Waals surface area contributed by atoms with Crippen LogP contribution in [0.2, 0.25) is 0 Å². The normalized spacial score (nSPS) is 15.0. The molecule has 16 heavy (non-hydrogen) atoms. The third kappa shape index (κ3) is 8.08. The lowest BCUT2D eigenvalue weighted by Crippen LogP contribution is -2.26. The number of hydrogen-bond acceptors (Lipinski definition) is 3. The second-order valence-corrected chi connectivity index (χ2v) is 4.21. The van der Waals surface area contributed by atoms with Gasteiger partial charge in [0.2, 0.25) is 0 Å². The van der Waals surface area contributed by atoms with Gasteiger partial charge in [-0.05, 0) is 19.3 Å². The van der Waals surface area contributed by atoms with E-state index in [-0.39, 0.29) is 12.7 Å². The van der Waals surface area contributed by atoms with Crippen LogP contribution >= 0.6 is 0 Å². The molecular formula is C13H28O3. The molecule has 0 fully saturated rings. The molecule has 0 aromatic heterocycles. The number of unbranched alkanes of at least 4 members (excludes halogenated alkanes) is 1. The zero-order chi connectivity index (χ0) is 12.2. The fourth-order valence-electron chi connectivity index (χ4n) is 1.57. The number of aliphatic hydroxyl groups is 1. The maximum atomic E-state index is 9.11. The standard InChI is InChI=1S/C13H28O3/c1-4-7-8-12(5-2)10-16-13(9-14)11-15-6-3/h12-14H,4-11H2,1-3H3. The molecule has 0 rings (SSSR count). The van der Waals surface area contributed by atoms with Crippen LogP contribution in [0.5, 0.6) is 0 Å². The highest BCUT2D eigenvalue weighted by molar-refractivity contribution is 4.60. The van der Waals surface area contributed by atoms with Crippen LogP contribution in [-0.4, -0.2) is 37.6 Å². The van der Waals surface area contributed by atoms with Gasteiger partial charge in [-0.25, -0.2) is 0 Å². The number of ether oxygens (including phenoxy) is 2. The van der Waals surface area contributed by atoms with Crippen molar-refractivity contribution in [3.05, 3.63) is 0 Å². The van der Waals surface area contributed by atoms with E-state index in [9.17, 15) is 0 Å². The molecule has 0 spiro atoms. The quantitative estimate of drug-likeness (QED) is 0.595. The van der Waals surface area contributed by atoms with E-state index in [1.807, 2.05) is 6.92 Å². The molecule has 0 bridgehead atoms. The van der Waals surface area contributed by atoms with E-state index < -0.39 is 0 Å². The van der Waals surface area contributed by atoms with E-state index in [4.69, 9.17) is 14.6 Å². The summed E-state index contributed by atoms with van der Waals surface area (Å²) in [6.07, 6.45) is 4.71. The summed E-state index contributed by atoms with van der Waals surface area (Å²) >= 11 is 0. The monoisotopic (exact) mass is 232 g/mol. The van der Waals surface area contributed by atoms with E-state index in [2.05, 4.69) is 13.8 Å². The largest absolute Gasteiger partial charge is 0.394 e. The third-order valence-electron chi connectivity index (χ3n) is 2.82. The van der Waals surface area contributed by atoms with Crippen LogP contribution in [-0.2, 0) is 9.47 Å². The first-order valence-corrected chi connectivity index (χ1v) is 6.58. The number of hydrogen-bond donors (Lipinski definition) is 1. The number of aliphatic hydroxyl groups excluding tert-OH is 1. The van der Waals surface area contributed by atoms with Gasteiger partial charge in [0, 0.05) is 13.2 Å². The van der Waals surface area contributed by atoms with E-state index in [0.717, 1.165) is 13.0 Å². The van der Waals surface area contributed by atoms with E-state index in [1.165, 1.54) is 19.3 Å². The molecule has 0 aromatic carbocycles. The molecule has 2 unspecified atom stereocenters. The molecule has 0 aliphatic carbocycles. The van der Waals surface area contributed by atoms with Crippen LogP contribution in [0.15, 0.2) is 0 Å². The Kier molecular flexibility index (Phi) is 11.3. The van der Waals surface area contributed by atoms with Gasteiger partial charge in [-0.1, -0.05) is 33.1 Å². The SMILES string of the molecule is CCCCC(CC)COC(CO)COCC. The second kappa shape index (κ2) is 11.4. The maximum absolute atomic E-state index is 9.11. The van der Waals surface area contributed by atoms with Gasteiger partial charge < -0.3 is 14.6 Å². The van der Waals surface area contributed by atoms with Crippen molar-refractivity contribution < 1.29 is 14.6 Å².